The first-order valence-corrected chi connectivity index (χ1v) is 8.38. The molecule has 1 atom stereocenters. The van der Waals surface area contributed by atoms with Crippen LogP contribution >= 0.6 is 23.1 Å². The zero-order valence-corrected chi connectivity index (χ0v) is 13.4. The fraction of sp³-hybridized carbons (Fsp3) is 0.615. The number of amides is 1. The van der Waals surface area contributed by atoms with E-state index in [9.17, 15) is 14.7 Å². The number of carbonyl (C=O) groups excluding carboxylic acids is 1. The fourth-order valence-electron chi connectivity index (χ4n) is 1.89. The number of thioether (sulfide) groups is 1. The lowest BCUT2D eigenvalue weighted by Crippen LogP contribution is -2.54. The fourth-order valence-corrected chi connectivity index (χ4v) is 4.10. The molecule has 0 spiro atoms. The normalized spacial score (nSPS) is 22.8. The summed E-state index contributed by atoms with van der Waals surface area (Å²) < 4.78 is 0. The molecule has 2 rings (SSSR count). The number of hydrogen-bond donors (Lipinski definition) is 2. The van der Waals surface area contributed by atoms with Crippen LogP contribution in [0.5, 0.6) is 0 Å². The lowest BCUT2D eigenvalue weighted by Gasteiger charge is -2.24. The molecule has 2 heterocycles. The molecule has 0 bridgehead atoms. The predicted octanol–water partition coefficient (Wildman–Crippen LogP) is 2.13. The number of nitrogens with zero attached hydrogens (tertiary/aromatic N) is 1. The minimum Gasteiger partial charge on any atom is -0.479 e. The molecule has 0 aromatic carbocycles. The van der Waals surface area contributed by atoms with E-state index in [1.807, 2.05) is 20.8 Å². The van der Waals surface area contributed by atoms with Gasteiger partial charge in [0.15, 0.2) is 0 Å². The number of carboxylic acid groups (broad SMARTS) is 1. The summed E-state index contributed by atoms with van der Waals surface area (Å²) in [5, 5.41) is 14.6. The largest absolute Gasteiger partial charge is 0.479 e. The molecular formula is C13H18N2O3S2. The Kier molecular flexibility index (Phi) is 4.11. The first-order valence-electron chi connectivity index (χ1n) is 6.34. The molecule has 0 aliphatic carbocycles. The van der Waals surface area contributed by atoms with E-state index in [2.05, 4.69) is 10.3 Å². The second kappa shape index (κ2) is 5.37. The summed E-state index contributed by atoms with van der Waals surface area (Å²) in [7, 11) is 0. The molecule has 20 heavy (non-hydrogen) atoms. The van der Waals surface area contributed by atoms with Gasteiger partial charge in [-0.1, -0.05) is 20.8 Å². The Morgan fingerprint density at radius 3 is 2.60 bits per heavy atom. The Morgan fingerprint density at radius 1 is 1.45 bits per heavy atom. The zero-order valence-electron chi connectivity index (χ0n) is 11.7. The van der Waals surface area contributed by atoms with Crippen molar-refractivity contribution in [3.8, 4) is 0 Å². The van der Waals surface area contributed by atoms with Crippen molar-refractivity contribution in [2.45, 2.75) is 38.1 Å². The van der Waals surface area contributed by atoms with E-state index in [1.165, 1.54) is 11.3 Å². The van der Waals surface area contributed by atoms with Gasteiger partial charge in [0.05, 0.1) is 5.01 Å². The smallest absolute Gasteiger partial charge is 0.330 e. The maximum Gasteiger partial charge on any atom is 0.330 e. The van der Waals surface area contributed by atoms with Crippen LogP contribution in [0.25, 0.3) is 0 Å². The Balaban J connectivity index is 2.16. The van der Waals surface area contributed by atoms with Gasteiger partial charge >= 0.3 is 5.97 Å². The third-order valence-corrected chi connectivity index (χ3v) is 5.62. The lowest BCUT2D eigenvalue weighted by molar-refractivity contribution is -0.143. The summed E-state index contributed by atoms with van der Waals surface area (Å²) in [4.78, 5) is 27.9. The average molecular weight is 314 g/mol. The van der Waals surface area contributed by atoms with Crippen LogP contribution in [0.3, 0.4) is 0 Å². The summed E-state index contributed by atoms with van der Waals surface area (Å²) in [5.41, 5.74) is -0.957. The van der Waals surface area contributed by atoms with Gasteiger partial charge in [0, 0.05) is 16.5 Å². The first kappa shape index (κ1) is 15.3. The van der Waals surface area contributed by atoms with Crippen molar-refractivity contribution in [2.75, 3.05) is 11.5 Å². The number of aliphatic carboxylic acids is 1. The molecule has 1 saturated heterocycles. The molecule has 0 radical (unpaired) electrons. The van der Waals surface area contributed by atoms with E-state index >= 15 is 0 Å². The van der Waals surface area contributed by atoms with Gasteiger partial charge in [-0.2, -0.15) is 11.8 Å². The highest BCUT2D eigenvalue weighted by Gasteiger charge is 2.43. The molecule has 110 valence electrons. The highest BCUT2D eigenvalue weighted by molar-refractivity contribution is 7.99. The van der Waals surface area contributed by atoms with Crippen molar-refractivity contribution >= 4 is 35.0 Å². The molecule has 1 aliphatic rings. The van der Waals surface area contributed by atoms with Crippen molar-refractivity contribution in [3.05, 3.63) is 16.1 Å². The molecule has 1 aliphatic heterocycles. The predicted molar refractivity (Wildman–Crippen MR) is 80.6 cm³/mol. The third kappa shape index (κ3) is 2.98. The number of carboxylic acids is 1. The molecular weight excluding hydrogens is 296 g/mol. The second-order valence-electron chi connectivity index (χ2n) is 5.93. The molecule has 1 unspecified atom stereocenters. The molecule has 2 N–H and O–H groups in total. The average Bonchev–Trinajstić information content (AvgIpc) is 2.96. The van der Waals surface area contributed by atoms with Gasteiger partial charge in [-0.05, 0) is 12.2 Å². The van der Waals surface area contributed by atoms with E-state index in [0.717, 1.165) is 10.8 Å². The van der Waals surface area contributed by atoms with Gasteiger partial charge in [-0.25, -0.2) is 9.78 Å². The van der Waals surface area contributed by atoms with E-state index in [0.29, 0.717) is 17.9 Å². The van der Waals surface area contributed by atoms with Crippen molar-refractivity contribution in [2.24, 2.45) is 0 Å². The number of nitrogens with one attached hydrogen (secondary N) is 1. The van der Waals surface area contributed by atoms with Crippen molar-refractivity contribution in [3.63, 3.8) is 0 Å². The highest BCUT2D eigenvalue weighted by Crippen LogP contribution is 2.29. The summed E-state index contributed by atoms with van der Waals surface area (Å²) in [6, 6.07) is 0. The van der Waals surface area contributed by atoms with E-state index in [1.54, 1.807) is 17.1 Å². The van der Waals surface area contributed by atoms with Crippen LogP contribution in [-0.4, -0.2) is 39.0 Å². The monoisotopic (exact) mass is 314 g/mol. The Hall–Kier alpha value is -1.08. The Morgan fingerprint density at radius 2 is 2.15 bits per heavy atom. The number of thiazole rings is 1. The number of aromatic nitrogens is 1. The number of rotatable bonds is 3. The highest BCUT2D eigenvalue weighted by atomic mass is 32.2. The molecule has 0 saturated carbocycles. The summed E-state index contributed by atoms with van der Waals surface area (Å²) in [6.45, 7) is 6.08. The van der Waals surface area contributed by atoms with Gasteiger partial charge in [-0.3, -0.25) is 4.79 Å². The Labute approximate surface area is 126 Å². The van der Waals surface area contributed by atoms with Crippen LogP contribution in [0, 0.1) is 0 Å². The van der Waals surface area contributed by atoms with Crippen molar-refractivity contribution < 1.29 is 14.7 Å². The quantitative estimate of drug-likeness (QED) is 0.893. The molecule has 1 amide bonds. The van der Waals surface area contributed by atoms with Crippen LogP contribution in [0.1, 0.15) is 42.7 Å². The summed E-state index contributed by atoms with van der Waals surface area (Å²) >= 11 is 2.97. The van der Waals surface area contributed by atoms with Crippen molar-refractivity contribution in [1.82, 2.24) is 10.3 Å². The second-order valence-corrected chi connectivity index (χ2v) is 7.90. The topological polar surface area (TPSA) is 79.3 Å². The van der Waals surface area contributed by atoms with Gasteiger partial charge < -0.3 is 10.4 Å². The van der Waals surface area contributed by atoms with Crippen LogP contribution in [0.15, 0.2) is 5.38 Å². The molecule has 1 fully saturated rings. The summed E-state index contributed by atoms with van der Waals surface area (Å²) in [6.07, 6.45) is 0.453. The van der Waals surface area contributed by atoms with Gasteiger partial charge in [-0.15, -0.1) is 11.3 Å². The zero-order chi connectivity index (χ0) is 15.0. The lowest BCUT2D eigenvalue weighted by atomic mass is 9.98. The van der Waals surface area contributed by atoms with Gasteiger partial charge in [0.1, 0.15) is 11.2 Å². The molecule has 7 heteroatoms. The van der Waals surface area contributed by atoms with Crippen LogP contribution in [0.4, 0.5) is 0 Å². The summed E-state index contributed by atoms with van der Waals surface area (Å²) in [5.74, 6) is -0.218. The van der Waals surface area contributed by atoms with Gasteiger partial charge in [0.25, 0.3) is 5.91 Å². The molecule has 1 aromatic rings. The Bertz CT molecular complexity index is 528. The molecule has 1 aromatic heterocycles. The maximum atomic E-state index is 12.2. The van der Waals surface area contributed by atoms with Crippen LogP contribution in [-0.2, 0) is 10.2 Å². The minimum absolute atomic E-state index is 0.114. The number of carbonyl (C=O) groups is 2. The first-order chi connectivity index (χ1) is 9.24. The van der Waals surface area contributed by atoms with E-state index < -0.39 is 17.4 Å². The minimum atomic E-state index is -1.15. The molecule has 5 nitrogen and oxygen atoms in total. The van der Waals surface area contributed by atoms with Crippen LogP contribution < -0.4 is 5.32 Å². The van der Waals surface area contributed by atoms with E-state index in [-0.39, 0.29) is 5.41 Å². The standard InChI is InChI=1S/C13H18N2O3S2/c1-12(2,3)10-14-8(6-20-10)9(16)15-13(11(17)18)4-5-19-7-13/h6H,4-5,7H2,1-3H3,(H,15,16)(H,17,18). The van der Waals surface area contributed by atoms with E-state index in [4.69, 9.17) is 0 Å². The number of hydrogen-bond acceptors (Lipinski definition) is 5. The van der Waals surface area contributed by atoms with Gasteiger partial charge in [0.2, 0.25) is 0 Å². The van der Waals surface area contributed by atoms with Crippen molar-refractivity contribution in [1.29, 1.82) is 0 Å². The maximum absolute atomic E-state index is 12.2. The third-order valence-electron chi connectivity index (χ3n) is 3.16. The van der Waals surface area contributed by atoms with Crippen LogP contribution in [0.2, 0.25) is 0 Å². The SMILES string of the molecule is CC(C)(C)c1nc(C(=O)NC2(C(=O)O)CCSC2)cs1.